The molecule has 0 spiro atoms. The van der Waals surface area contributed by atoms with E-state index in [4.69, 9.17) is 10.8 Å². The maximum atomic E-state index is 11.1. The Labute approximate surface area is 111 Å². The van der Waals surface area contributed by atoms with Crippen molar-refractivity contribution in [2.24, 2.45) is 0 Å². The zero-order chi connectivity index (χ0) is 14.4. The van der Waals surface area contributed by atoms with Gasteiger partial charge in [0.1, 0.15) is 5.69 Å². The van der Waals surface area contributed by atoms with Gasteiger partial charge in [-0.3, -0.25) is 10.1 Å². The van der Waals surface area contributed by atoms with Gasteiger partial charge in [-0.15, -0.1) is 0 Å². The van der Waals surface area contributed by atoms with Crippen molar-refractivity contribution >= 4 is 17.5 Å². The zero-order valence-corrected chi connectivity index (χ0v) is 11.2. The molecule has 106 valence electrons. The van der Waals surface area contributed by atoms with E-state index >= 15 is 0 Å². The molecule has 0 saturated heterocycles. The summed E-state index contributed by atoms with van der Waals surface area (Å²) in [4.78, 5) is 20.0. The number of aromatic nitrogens is 2. The van der Waals surface area contributed by atoms with Crippen LogP contribution in [-0.4, -0.2) is 40.2 Å². The molecular weight excluding hydrogens is 250 g/mol. The van der Waals surface area contributed by atoms with E-state index in [-0.39, 0.29) is 29.8 Å². The summed E-state index contributed by atoms with van der Waals surface area (Å²) in [5.74, 6) is 0.263. The number of nitro groups is 1. The van der Waals surface area contributed by atoms with Gasteiger partial charge >= 0.3 is 5.69 Å². The molecule has 1 rings (SSSR count). The molecule has 0 bridgehead atoms. The molecule has 19 heavy (non-hydrogen) atoms. The van der Waals surface area contributed by atoms with Gasteiger partial charge in [-0.05, 0) is 26.2 Å². The van der Waals surface area contributed by atoms with Crippen molar-refractivity contribution in [3.05, 3.63) is 15.8 Å². The first-order valence-electron chi connectivity index (χ1n) is 6.08. The first-order valence-corrected chi connectivity index (χ1v) is 6.08. The van der Waals surface area contributed by atoms with Crippen LogP contribution in [0.3, 0.4) is 0 Å². The van der Waals surface area contributed by atoms with Crippen LogP contribution in [0.15, 0.2) is 0 Å². The highest BCUT2D eigenvalue weighted by molar-refractivity contribution is 5.61. The van der Waals surface area contributed by atoms with Crippen LogP contribution in [0.5, 0.6) is 0 Å². The Hall–Kier alpha value is -1.96. The largest absolute Gasteiger partial charge is 0.396 e. The third kappa shape index (κ3) is 4.02. The van der Waals surface area contributed by atoms with Crippen LogP contribution in [0.25, 0.3) is 0 Å². The van der Waals surface area contributed by atoms with Crippen LogP contribution < -0.4 is 10.6 Å². The van der Waals surface area contributed by atoms with Crippen LogP contribution in [0, 0.1) is 17.0 Å². The van der Waals surface area contributed by atoms with Crippen molar-refractivity contribution in [2.45, 2.75) is 26.2 Å². The number of nitrogens with zero attached hydrogens (tertiary/aromatic N) is 4. The van der Waals surface area contributed by atoms with Crippen molar-refractivity contribution in [1.82, 2.24) is 9.97 Å². The molecule has 0 aliphatic carbocycles. The molecule has 0 saturated carbocycles. The minimum absolute atomic E-state index is 0.0281. The molecule has 1 aromatic rings. The van der Waals surface area contributed by atoms with Crippen LogP contribution in [-0.2, 0) is 0 Å². The van der Waals surface area contributed by atoms with Gasteiger partial charge in [0.25, 0.3) is 0 Å². The third-order valence-corrected chi connectivity index (χ3v) is 2.75. The fourth-order valence-corrected chi connectivity index (χ4v) is 1.80. The van der Waals surface area contributed by atoms with E-state index < -0.39 is 4.92 Å². The van der Waals surface area contributed by atoms with E-state index in [0.717, 1.165) is 19.3 Å². The Balaban J connectivity index is 2.88. The number of unbranched alkanes of at least 4 members (excludes halogenated alkanes) is 2. The van der Waals surface area contributed by atoms with Crippen LogP contribution in [0.4, 0.5) is 17.5 Å². The number of aliphatic hydroxyl groups is 1. The average Bonchev–Trinajstić information content (AvgIpc) is 2.32. The Kier molecular flexibility index (Phi) is 5.43. The topological polar surface area (TPSA) is 118 Å². The van der Waals surface area contributed by atoms with Crippen molar-refractivity contribution in [3.63, 3.8) is 0 Å². The second kappa shape index (κ2) is 6.83. The molecule has 0 aromatic carbocycles. The van der Waals surface area contributed by atoms with E-state index in [2.05, 4.69) is 9.97 Å². The predicted molar refractivity (Wildman–Crippen MR) is 72.0 cm³/mol. The lowest BCUT2D eigenvalue weighted by Crippen LogP contribution is -2.22. The highest BCUT2D eigenvalue weighted by Crippen LogP contribution is 2.28. The van der Waals surface area contributed by atoms with Gasteiger partial charge in [0.05, 0.1) is 4.92 Å². The van der Waals surface area contributed by atoms with Crippen LogP contribution in [0.1, 0.15) is 25.0 Å². The fourth-order valence-electron chi connectivity index (χ4n) is 1.80. The standard InChI is InChI=1S/C11H19N5O3/c1-8-9(16(18)19)10(14-11(12)13-8)15(2)6-4-3-5-7-17/h17H,3-7H2,1-2H3,(H2,12,13,14). The molecule has 3 N–H and O–H groups in total. The minimum atomic E-state index is -0.492. The second-order valence-electron chi connectivity index (χ2n) is 4.30. The van der Waals surface area contributed by atoms with Crippen molar-refractivity contribution < 1.29 is 10.0 Å². The van der Waals surface area contributed by atoms with E-state index in [0.29, 0.717) is 6.54 Å². The molecule has 0 radical (unpaired) electrons. The van der Waals surface area contributed by atoms with Crippen molar-refractivity contribution in [3.8, 4) is 0 Å². The molecular formula is C11H19N5O3. The first-order chi connectivity index (χ1) is 8.97. The maximum Gasteiger partial charge on any atom is 0.332 e. The number of anilines is 2. The van der Waals surface area contributed by atoms with Crippen molar-refractivity contribution in [1.29, 1.82) is 0 Å². The summed E-state index contributed by atoms with van der Waals surface area (Å²) in [6.45, 7) is 2.30. The summed E-state index contributed by atoms with van der Waals surface area (Å²) in [5, 5.41) is 19.8. The van der Waals surface area contributed by atoms with Gasteiger partial charge in [0.15, 0.2) is 0 Å². The summed E-state index contributed by atoms with van der Waals surface area (Å²) in [7, 11) is 1.73. The Morgan fingerprint density at radius 3 is 2.63 bits per heavy atom. The molecule has 0 aliphatic heterocycles. The molecule has 8 nitrogen and oxygen atoms in total. The quantitative estimate of drug-likeness (QED) is 0.428. The number of rotatable bonds is 7. The molecule has 0 fully saturated rings. The molecule has 8 heteroatoms. The summed E-state index contributed by atoms with van der Waals surface area (Å²) >= 11 is 0. The lowest BCUT2D eigenvalue weighted by Gasteiger charge is -2.18. The predicted octanol–water partition coefficient (Wildman–Crippen LogP) is 0.874. The number of aryl methyl sites for hydroxylation is 1. The van der Waals surface area contributed by atoms with E-state index in [1.54, 1.807) is 18.9 Å². The number of aliphatic hydroxyl groups excluding tert-OH is 1. The lowest BCUT2D eigenvalue weighted by atomic mass is 10.2. The number of nitrogen functional groups attached to an aromatic ring is 1. The molecule has 1 aromatic heterocycles. The average molecular weight is 269 g/mol. The Morgan fingerprint density at radius 1 is 1.37 bits per heavy atom. The first kappa shape index (κ1) is 15.1. The summed E-state index contributed by atoms with van der Waals surface area (Å²) in [6.07, 6.45) is 2.40. The van der Waals surface area contributed by atoms with Gasteiger partial charge in [-0.25, -0.2) is 4.98 Å². The SMILES string of the molecule is Cc1nc(N)nc(N(C)CCCCCO)c1[N+](=O)[O-]. The molecule has 0 atom stereocenters. The Morgan fingerprint density at radius 2 is 2.05 bits per heavy atom. The Bertz CT molecular complexity index is 452. The normalized spacial score (nSPS) is 10.5. The summed E-state index contributed by atoms with van der Waals surface area (Å²) in [5.41, 5.74) is 5.68. The van der Waals surface area contributed by atoms with Crippen molar-refractivity contribution in [2.75, 3.05) is 30.8 Å². The number of nitrogens with two attached hydrogens (primary N) is 1. The zero-order valence-electron chi connectivity index (χ0n) is 11.2. The summed E-state index contributed by atoms with van der Waals surface area (Å²) < 4.78 is 0. The van der Waals surface area contributed by atoms with E-state index in [1.807, 2.05) is 0 Å². The van der Waals surface area contributed by atoms with Gasteiger partial charge in [-0.1, -0.05) is 0 Å². The number of hydrogen-bond donors (Lipinski definition) is 2. The smallest absolute Gasteiger partial charge is 0.332 e. The summed E-state index contributed by atoms with van der Waals surface area (Å²) in [6, 6.07) is 0. The lowest BCUT2D eigenvalue weighted by molar-refractivity contribution is -0.385. The minimum Gasteiger partial charge on any atom is -0.396 e. The number of hydrogen-bond acceptors (Lipinski definition) is 7. The van der Waals surface area contributed by atoms with E-state index in [1.165, 1.54) is 0 Å². The fraction of sp³-hybridized carbons (Fsp3) is 0.636. The highest BCUT2D eigenvalue weighted by atomic mass is 16.6. The second-order valence-corrected chi connectivity index (χ2v) is 4.30. The van der Waals surface area contributed by atoms with E-state index in [9.17, 15) is 10.1 Å². The maximum absolute atomic E-state index is 11.1. The van der Waals surface area contributed by atoms with Gasteiger partial charge < -0.3 is 15.7 Å². The monoisotopic (exact) mass is 269 g/mol. The van der Waals surface area contributed by atoms with Crippen LogP contribution in [0.2, 0.25) is 0 Å². The van der Waals surface area contributed by atoms with Gasteiger partial charge in [-0.2, -0.15) is 4.98 Å². The van der Waals surface area contributed by atoms with Gasteiger partial charge in [0.2, 0.25) is 11.8 Å². The third-order valence-electron chi connectivity index (χ3n) is 2.75. The highest BCUT2D eigenvalue weighted by Gasteiger charge is 2.23. The molecule has 0 amide bonds. The molecule has 1 heterocycles. The van der Waals surface area contributed by atoms with Gasteiger partial charge in [0, 0.05) is 20.2 Å². The molecule has 0 aliphatic rings. The van der Waals surface area contributed by atoms with Crippen LogP contribution >= 0.6 is 0 Å². The molecule has 0 unspecified atom stereocenters.